The third-order valence-corrected chi connectivity index (χ3v) is 5.67. The van der Waals surface area contributed by atoms with Gasteiger partial charge in [-0.25, -0.2) is 0 Å². The maximum Gasteiger partial charge on any atom is 0.263 e. The Morgan fingerprint density at radius 1 is 1.00 bits per heavy atom. The van der Waals surface area contributed by atoms with Crippen molar-refractivity contribution in [1.29, 1.82) is 0 Å². The molecule has 0 saturated heterocycles. The number of fused-ring (bicyclic) bond motifs is 5. The highest BCUT2D eigenvalue weighted by Crippen LogP contribution is 2.34. The van der Waals surface area contributed by atoms with Crippen molar-refractivity contribution in [3.8, 4) is 5.75 Å². The first-order valence-corrected chi connectivity index (χ1v) is 10.2. The van der Waals surface area contributed by atoms with Crippen LogP contribution in [-0.2, 0) is 11.3 Å². The Kier molecular flexibility index (Phi) is 4.07. The molecular formula is C25H17N3O4. The molecule has 0 bridgehead atoms. The van der Waals surface area contributed by atoms with Gasteiger partial charge in [0, 0.05) is 27.7 Å². The van der Waals surface area contributed by atoms with E-state index >= 15 is 0 Å². The standard InChI is InChI=1S/C25H17N3O4/c29-22(27-13-16-4-3-11-31-16)14-32-15-7-8-21-20(12-15)18-9-10-26-23-17-5-1-2-6-19(17)25(30)28(21)24(18)23/h1-12H,13-14H2,(H,27,29). The van der Waals surface area contributed by atoms with Gasteiger partial charge in [0.1, 0.15) is 11.5 Å². The summed E-state index contributed by atoms with van der Waals surface area (Å²) >= 11 is 0. The minimum Gasteiger partial charge on any atom is -0.484 e. The minimum absolute atomic E-state index is 0.0768. The average molecular weight is 423 g/mol. The van der Waals surface area contributed by atoms with Crippen molar-refractivity contribution in [2.24, 2.45) is 0 Å². The molecule has 4 aromatic heterocycles. The number of pyridine rings is 2. The van der Waals surface area contributed by atoms with Gasteiger partial charge in [-0.15, -0.1) is 0 Å². The molecule has 1 N–H and O–H groups in total. The predicted molar refractivity (Wildman–Crippen MR) is 121 cm³/mol. The molecule has 32 heavy (non-hydrogen) atoms. The monoisotopic (exact) mass is 423 g/mol. The fourth-order valence-electron chi connectivity index (χ4n) is 4.24. The predicted octanol–water partition coefficient (Wildman–Crippen LogP) is 3.88. The quantitative estimate of drug-likeness (QED) is 0.425. The molecule has 6 aromatic rings. The molecular weight excluding hydrogens is 406 g/mol. The Balaban J connectivity index is 1.39. The molecule has 7 heteroatoms. The van der Waals surface area contributed by atoms with Crippen molar-refractivity contribution in [2.75, 3.05) is 6.61 Å². The van der Waals surface area contributed by atoms with E-state index in [-0.39, 0.29) is 18.1 Å². The number of aromatic nitrogens is 2. The SMILES string of the molecule is O=C(COc1ccc2c(c1)c1ccnc3c4ccccc4c(=O)n2c13)NCc1ccco1. The molecule has 0 aliphatic carbocycles. The third kappa shape index (κ3) is 2.79. The van der Waals surface area contributed by atoms with E-state index in [1.54, 1.807) is 35.1 Å². The lowest BCUT2D eigenvalue weighted by Crippen LogP contribution is -2.28. The van der Waals surface area contributed by atoms with E-state index in [4.69, 9.17) is 9.15 Å². The number of benzene rings is 2. The van der Waals surface area contributed by atoms with Gasteiger partial charge in [-0.3, -0.25) is 19.0 Å². The van der Waals surface area contributed by atoms with Crippen molar-refractivity contribution in [1.82, 2.24) is 14.7 Å². The van der Waals surface area contributed by atoms with E-state index in [1.165, 1.54) is 0 Å². The van der Waals surface area contributed by atoms with E-state index in [1.807, 2.05) is 42.5 Å². The average Bonchev–Trinajstić information content (AvgIpc) is 3.46. The number of hydrogen-bond donors (Lipinski definition) is 1. The minimum atomic E-state index is -0.251. The summed E-state index contributed by atoms with van der Waals surface area (Å²) < 4.78 is 12.6. The zero-order valence-electron chi connectivity index (χ0n) is 16.9. The summed E-state index contributed by atoms with van der Waals surface area (Å²) in [5, 5.41) is 6.01. The molecule has 6 rings (SSSR count). The number of nitrogens with one attached hydrogen (secondary N) is 1. The summed E-state index contributed by atoms with van der Waals surface area (Å²) in [7, 11) is 0. The molecule has 0 aliphatic rings. The lowest BCUT2D eigenvalue weighted by atomic mass is 10.1. The Hall–Kier alpha value is -4.39. The fraction of sp³-hybridized carbons (Fsp3) is 0.0800. The van der Waals surface area contributed by atoms with Gasteiger partial charge >= 0.3 is 0 Å². The first-order chi connectivity index (χ1) is 15.7. The van der Waals surface area contributed by atoms with Crippen LogP contribution in [0.4, 0.5) is 0 Å². The fourth-order valence-corrected chi connectivity index (χ4v) is 4.24. The highest BCUT2D eigenvalue weighted by atomic mass is 16.5. The second kappa shape index (κ2) is 7.09. The van der Waals surface area contributed by atoms with Crippen LogP contribution < -0.4 is 15.6 Å². The molecule has 1 amide bonds. The Labute approximate surface area is 181 Å². The molecule has 0 saturated carbocycles. The summed E-state index contributed by atoms with van der Waals surface area (Å²) in [6.45, 7) is 0.183. The van der Waals surface area contributed by atoms with Gasteiger partial charge in [-0.2, -0.15) is 0 Å². The zero-order chi connectivity index (χ0) is 21.7. The van der Waals surface area contributed by atoms with E-state index in [9.17, 15) is 9.59 Å². The first-order valence-electron chi connectivity index (χ1n) is 10.2. The number of rotatable bonds is 5. The number of furan rings is 1. The molecule has 2 aromatic carbocycles. The maximum absolute atomic E-state index is 13.3. The first kappa shape index (κ1) is 18.4. The molecule has 7 nitrogen and oxygen atoms in total. The van der Waals surface area contributed by atoms with Crippen molar-refractivity contribution < 1.29 is 13.9 Å². The van der Waals surface area contributed by atoms with Crippen LogP contribution in [0.25, 0.3) is 38.1 Å². The summed E-state index contributed by atoms with van der Waals surface area (Å²) in [5.74, 6) is 0.972. The van der Waals surface area contributed by atoms with Crippen molar-refractivity contribution >= 4 is 44.0 Å². The lowest BCUT2D eigenvalue weighted by Gasteiger charge is -2.07. The Morgan fingerprint density at radius 2 is 1.88 bits per heavy atom. The van der Waals surface area contributed by atoms with E-state index in [0.717, 1.165) is 32.7 Å². The normalized spacial score (nSPS) is 11.6. The molecule has 4 heterocycles. The number of carbonyl (C=O) groups is 1. The molecule has 156 valence electrons. The molecule has 0 fully saturated rings. The van der Waals surface area contributed by atoms with Crippen molar-refractivity contribution in [3.05, 3.63) is 89.2 Å². The van der Waals surface area contributed by atoms with Gasteiger partial charge in [0.15, 0.2) is 6.61 Å². The molecule has 0 spiro atoms. The Morgan fingerprint density at radius 3 is 2.72 bits per heavy atom. The van der Waals surface area contributed by atoms with Gasteiger partial charge in [0.05, 0.1) is 29.4 Å². The highest BCUT2D eigenvalue weighted by molar-refractivity contribution is 6.18. The van der Waals surface area contributed by atoms with Crippen LogP contribution in [0.15, 0.2) is 82.3 Å². The van der Waals surface area contributed by atoms with Crippen molar-refractivity contribution in [2.45, 2.75) is 6.54 Å². The van der Waals surface area contributed by atoms with Crippen LogP contribution in [0.3, 0.4) is 0 Å². The zero-order valence-corrected chi connectivity index (χ0v) is 16.9. The number of nitrogens with zero attached hydrogens (tertiary/aromatic N) is 2. The van der Waals surface area contributed by atoms with Gasteiger partial charge in [0.25, 0.3) is 11.5 Å². The number of ether oxygens (including phenoxy) is 1. The van der Waals surface area contributed by atoms with Gasteiger partial charge in [0.2, 0.25) is 0 Å². The van der Waals surface area contributed by atoms with E-state index in [2.05, 4.69) is 10.3 Å². The van der Waals surface area contributed by atoms with Crippen LogP contribution in [0.1, 0.15) is 5.76 Å². The highest BCUT2D eigenvalue weighted by Gasteiger charge is 2.18. The second-order valence-corrected chi connectivity index (χ2v) is 7.57. The largest absolute Gasteiger partial charge is 0.484 e. The lowest BCUT2D eigenvalue weighted by molar-refractivity contribution is -0.123. The summed E-state index contributed by atoms with van der Waals surface area (Å²) in [6.07, 6.45) is 3.31. The Bertz CT molecular complexity index is 1670. The van der Waals surface area contributed by atoms with Gasteiger partial charge in [-0.05, 0) is 42.5 Å². The number of carbonyl (C=O) groups excluding carboxylic acids is 1. The van der Waals surface area contributed by atoms with Crippen molar-refractivity contribution in [3.63, 3.8) is 0 Å². The smallest absolute Gasteiger partial charge is 0.263 e. The molecule has 0 unspecified atom stereocenters. The number of hydrogen-bond acceptors (Lipinski definition) is 5. The molecule has 0 aliphatic heterocycles. The number of amides is 1. The summed E-state index contributed by atoms with van der Waals surface area (Å²) in [4.78, 5) is 30.0. The van der Waals surface area contributed by atoms with Crippen LogP contribution in [0.2, 0.25) is 0 Å². The maximum atomic E-state index is 13.3. The third-order valence-electron chi connectivity index (χ3n) is 5.67. The van der Waals surface area contributed by atoms with Crippen LogP contribution in [0.5, 0.6) is 5.75 Å². The van der Waals surface area contributed by atoms with Gasteiger partial charge < -0.3 is 14.5 Å². The molecule has 0 atom stereocenters. The van der Waals surface area contributed by atoms with Gasteiger partial charge in [-0.1, -0.05) is 18.2 Å². The van der Waals surface area contributed by atoms with Crippen LogP contribution >= 0.6 is 0 Å². The summed E-state index contributed by atoms with van der Waals surface area (Å²) in [5.41, 5.74) is 2.28. The van der Waals surface area contributed by atoms with E-state index < -0.39 is 0 Å². The summed E-state index contributed by atoms with van der Waals surface area (Å²) in [6, 6.07) is 18.5. The second-order valence-electron chi connectivity index (χ2n) is 7.57. The molecule has 0 radical (unpaired) electrons. The topological polar surface area (TPSA) is 85.8 Å². The van der Waals surface area contributed by atoms with Crippen LogP contribution in [0, 0.1) is 0 Å². The van der Waals surface area contributed by atoms with Crippen LogP contribution in [-0.4, -0.2) is 21.9 Å². The van der Waals surface area contributed by atoms with E-state index in [0.29, 0.717) is 23.4 Å².